The van der Waals surface area contributed by atoms with E-state index in [4.69, 9.17) is 16.3 Å². The van der Waals surface area contributed by atoms with Crippen molar-refractivity contribution in [3.63, 3.8) is 0 Å². The van der Waals surface area contributed by atoms with Gasteiger partial charge in [-0.05, 0) is 30.8 Å². The van der Waals surface area contributed by atoms with Crippen molar-refractivity contribution in [3.05, 3.63) is 59.1 Å². The summed E-state index contributed by atoms with van der Waals surface area (Å²) >= 11 is 6.05. The Morgan fingerprint density at radius 2 is 1.96 bits per heavy atom. The fourth-order valence-corrected chi connectivity index (χ4v) is 2.49. The number of carbonyl (C=O) groups excluding carboxylic acids is 1. The number of nitrogens with zero attached hydrogens (tertiary/aromatic N) is 1. The first-order chi connectivity index (χ1) is 11.1. The monoisotopic (exact) mass is 332 g/mol. The van der Waals surface area contributed by atoms with Crippen LogP contribution in [0.3, 0.4) is 0 Å². The van der Waals surface area contributed by atoms with E-state index in [1.54, 1.807) is 25.3 Å². The number of carbonyl (C=O) groups is 1. The van der Waals surface area contributed by atoms with Crippen LogP contribution in [-0.2, 0) is 11.3 Å². The van der Waals surface area contributed by atoms with Crippen LogP contribution in [0.1, 0.15) is 12.0 Å². The lowest BCUT2D eigenvalue weighted by atomic mass is 10.2. The van der Waals surface area contributed by atoms with E-state index in [0.717, 1.165) is 6.54 Å². The Labute approximate surface area is 142 Å². The second-order valence-electron chi connectivity index (χ2n) is 5.37. The minimum atomic E-state index is -0.0360. The highest BCUT2D eigenvalue weighted by Gasteiger charge is 2.07. The third-order valence-electron chi connectivity index (χ3n) is 3.45. The molecule has 2 aromatic rings. The Balaban J connectivity index is 1.79. The van der Waals surface area contributed by atoms with Crippen molar-refractivity contribution in [2.75, 3.05) is 26.0 Å². The van der Waals surface area contributed by atoms with Gasteiger partial charge in [-0.15, -0.1) is 0 Å². The van der Waals surface area contributed by atoms with Crippen LogP contribution in [0.5, 0.6) is 5.75 Å². The maximum absolute atomic E-state index is 12.0. The Morgan fingerprint density at radius 1 is 1.22 bits per heavy atom. The summed E-state index contributed by atoms with van der Waals surface area (Å²) in [4.78, 5) is 14.1. The van der Waals surface area contributed by atoms with E-state index < -0.39 is 0 Å². The van der Waals surface area contributed by atoms with Crippen molar-refractivity contribution >= 4 is 23.2 Å². The van der Waals surface area contributed by atoms with Gasteiger partial charge in [0.2, 0.25) is 5.91 Å². The van der Waals surface area contributed by atoms with Gasteiger partial charge >= 0.3 is 0 Å². The van der Waals surface area contributed by atoms with Gasteiger partial charge in [0.1, 0.15) is 5.75 Å². The summed E-state index contributed by atoms with van der Waals surface area (Å²) in [6.07, 6.45) is 0.424. The van der Waals surface area contributed by atoms with Crippen molar-refractivity contribution in [1.82, 2.24) is 4.90 Å². The highest BCUT2D eigenvalue weighted by molar-refractivity contribution is 6.32. The summed E-state index contributed by atoms with van der Waals surface area (Å²) in [5, 5.41) is 3.33. The molecule has 5 heteroatoms. The summed E-state index contributed by atoms with van der Waals surface area (Å²) in [5.74, 6) is 0.554. The van der Waals surface area contributed by atoms with E-state index in [2.05, 4.69) is 22.3 Å². The molecule has 0 aromatic heterocycles. The van der Waals surface area contributed by atoms with E-state index in [0.29, 0.717) is 29.4 Å². The van der Waals surface area contributed by atoms with E-state index in [1.807, 2.05) is 25.2 Å². The lowest BCUT2D eigenvalue weighted by Gasteiger charge is -2.16. The molecule has 0 aliphatic rings. The van der Waals surface area contributed by atoms with Gasteiger partial charge in [0.05, 0.1) is 12.1 Å². The van der Waals surface area contributed by atoms with Gasteiger partial charge in [0.25, 0.3) is 0 Å². The molecule has 23 heavy (non-hydrogen) atoms. The van der Waals surface area contributed by atoms with Crippen molar-refractivity contribution in [1.29, 1.82) is 0 Å². The molecular weight excluding hydrogens is 312 g/mol. The predicted octanol–water partition coefficient (Wildman–Crippen LogP) is 3.81. The predicted molar refractivity (Wildman–Crippen MR) is 94.0 cm³/mol. The molecule has 0 aliphatic heterocycles. The van der Waals surface area contributed by atoms with Crippen LogP contribution in [0.2, 0.25) is 5.02 Å². The molecule has 0 fully saturated rings. The van der Waals surface area contributed by atoms with Gasteiger partial charge in [0.15, 0.2) is 0 Å². The number of benzene rings is 2. The molecule has 0 spiro atoms. The summed E-state index contributed by atoms with van der Waals surface area (Å²) < 4.78 is 5.09. The number of anilines is 1. The lowest BCUT2D eigenvalue weighted by molar-refractivity contribution is -0.116. The Morgan fingerprint density at radius 3 is 2.61 bits per heavy atom. The molecule has 0 unspecified atom stereocenters. The van der Waals surface area contributed by atoms with Crippen molar-refractivity contribution < 1.29 is 9.53 Å². The van der Waals surface area contributed by atoms with Crippen molar-refractivity contribution in [3.8, 4) is 5.75 Å². The van der Waals surface area contributed by atoms with Gasteiger partial charge < -0.3 is 15.0 Å². The fraction of sp³-hybridized carbons (Fsp3) is 0.278. The zero-order valence-electron chi connectivity index (χ0n) is 13.4. The van der Waals surface area contributed by atoms with Gasteiger partial charge in [-0.3, -0.25) is 4.79 Å². The Hall–Kier alpha value is -2.04. The number of methoxy groups -OCH3 is 1. The number of rotatable bonds is 7. The maximum Gasteiger partial charge on any atom is 0.225 e. The summed E-state index contributed by atoms with van der Waals surface area (Å²) in [6, 6.07) is 15.4. The van der Waals surface area contributed by atoms with Crippen LogP contribution >= 0.6 is 11.6 Å². The zero-order valence-corrected chi connectivity index (χ0v) is 14.1. The first-order valence-corrected chi connectivity index (χ1v) is 7.82. The number of hydrogen-bond acceptors (Lipinski definition) is 3. The minimum absolute atomic E-state index is 0.0360. The summed E-state index contributed by atoms with van der Waals surface area (Å²) in [5.41, 5.74) is 1.91. The molecule has 4 nitrogen and oxygen atoms in total. The average molecular weight is 333 g/mol. The number of halogens is 1. The van der Waals surface area contributed by atoms with Crippen molar-refractivity contribution in [2.45, 2.75) is 13.0 Å². The van der Waals surface area contributed by atoms with Crippen LogP contribution in [0.4, 0.5) is 5.69 Å². The Kier molecular flexibility index (Phi) is 6.44. The highest BCUT2D eigenvalue weighted by atomic mass is 35.5. The number of ether oxygens (including phenoxy) is 1. The van der Waals surface area contributed by atoms with E-state index in [-0.39, 0.29) is 5.91 Å². The first kappa shape index (κ1) is 17.3. The molecule has 0 aliphatic carbocycles. The maximum atomic E-state index is 12.0. The van der Waals surface area contributed by atoms with Crippen LogP contribution < -0.4 is 10.1 Å². The highest BCUT2D eigenvalue weighted by Crippen LogP contribution is 2.27. The van der Waals surface area contributed by atoms with Gasteiger partial charge in [-0.25, -0.2) is 0 Å². The third kappa shape index (κ3) is 5.58. The third-order valence-corrected chi connectivity index (χ3v) is 3.75. The van der Waals surface area contributed by atoms with Gasteiger partial charge in [-0.1, -0.05) is 41.9 Å². The summed E-state index contributed by atoms with van der Waals surface area (Å²) in [7, 11) is 3.56. The standard InChI is InChI=1S/C18H21ClN2O2/c1-21(13-14-6-4-3-5-7-14)11-10-18(22)20-15-8-9-17(23-2)16(19)12-15/h3-9,12H,10-11,13H2,1-2H3,(H,20,22). The molecule has 1 N–H and O–H groups in total. The number of nitrogens with one attached hydrogen (secondary N) is 1. The molecule has 0 saturated carbocycles. The second-order valence-corrected chi connectivity index (χ2v) is 5.78. The number of hydrogen-bond donors (Lipinski definition) is 1. The average Bonchev–Trinajstić information content (AvgIpc) is 2.54. The van der Waals surface area contributed by atoms with E-state index >= 15 is 0 Å². The molecule has 2 aromatic carbocycles. The molecule has 0 atom stereocenters. The molecule has 0 saturated heterocycles. The number of amides is 1. The molecule has 2 rings (SSSR count). The van der Waals surface area contributed by atoms with Crippen LogP contribution in [0.15, 0.2) is 48.5 Å². The van der Waals surface area contributed by atoms with Crippen LogP contribution in [0, 0.1) is 0 Å². The first-order valence-electron chi connectivity index (χ1n) is 7.44. The SMILES string of the molecule is COc1ccc(NC(=O)CCN(C)Cc2ccccc2)cc1Cl. The molecule has 1 amide bonds. The van der Waals surface area contributed by atoms with Gasteiger partial charge in [0, 0.05) is 25.2 Å². The molecular formula is C18H21ClN2O2. The van der Waals surface area contributed by atoms with E-state index in [1.165, 1.54) is 5.56 Å². The topological polar surface area (TPSA) is 41.6 Å². The fourth-order valence-electron chi connectivity index (χ4n) is 2.23. The molecule has 0 heterocycles. The van der Waals surface area contributed by atoms with Gasteiger partial charge in [-0.2, -0.15) is 0 Å². The largest absolute Gasteiger partial charge is 0.495 e. The smallest absolute Gasteiger partial charge is 0.225 e. The minimum Gasteiger partial charge on any atom is -0.495 e. The molecule has 0 bridgehead atoms. The lowest BCUT2D eigenvalue weighted by Crippen LogP contribution is -2.24. The molecule has 0 radical (unpaired) electrons. The normalized spacial score (nSPS) is 10.6. The van der Waals surface area contributed by atoms with E-state index in [9.17, 15) is 4.79 Å². The Bertz CT molecular complexity index is 647. The van der Waals surface area contributed by atoms with Crippen LogP contribution in [-0.4, -0.2) is 31.5 Å². The molecule has 122 valence electrons. The quantitative estimate of drug-likeness (QED) is 0.838. The second kappa shape index (κ2) is 8.56. The summed E-state index contributed by atoms with van der Waals surface area (Å²) in [6.45, 7) is 1.51. The van der Waals surface area contributed by atoms with Crippen molar-refractivity contribution in [2.24, 2.45) is 0 Å². The van der Waals surface area contributed by atoms with Crippen LogP contribution in [0.25, 0.3) is 0 Å². The zero-order chi connectivity index (χ0) is 16.7.